The third-order valence-corrected chi connectivity index (χ3v) is 3.99. The fourth-order valence-corrected chi connectivity index (χ4v) is 2.60. The van der Waals surface area contributed by atoms with Crippen molar-refractivity contribution >= 4 is 0 Å². The van der Waals surface area contributed by atoms with Crippen LogP contribution < -0.4 is 10.5 Å². The van der Waals surface area contributed by atoms with Gasteiger partial charge in [0.15, 0.2) is 0 Å². The lowest BCUT2D eigenvalue weighted by atomic mass is 10.0. The molecule has 0 spiro atoms. The summed E-state index contributed by atoms with van der Waals surface area (Å²) in [5.74, 6) is 0.904. The van der Waals surface area contributed by atoms with Crippen molar-refractivity contribution in [2.24, 2.45) is 5.73 Å². The molecular formula is C17H28N2O2. The first-order valence-corrected chi connectivity index (χ1v) is 7.95. The van der Waals surface area contributed by atoms with Crippen LogP contribution >= 0.6 is 0 Å². The minimum Gasteiger partial charge on any atom is -0.494 e. The van der Waals surface area contributed by atoms with Gasteiger partial charge in [-0.1, -0.05) is 19.1 Å². The molecule has 1 aliphatic heterocycles. The molecule has 2 unspecified atom stereocenters. The van der Waals surface area contributed by atoms with Gasteiger partial charge in [0.25, 0.3) is 0 Å². The van der Waals surface area contributed by atoms with Crippen molar-refractivity contribution in [1.82, 2.24) is 4.90 Å². The van der Waals surface area contributed by atoms with E-state index in [1.54, 1.807) is 0 Å². The lowest BCUT2D eigenvalue weighted by Gasteiger charge is -2.38. The average molecular weight is 292 g/mol. The Hall–Kier alpha value is -1.10. The molecule has 0 amide bonds. The van der Waals surface area contributed by atoms with Crippen molar-refractivity contribution < 1.29 is 9.47 Å². The summed E-state index contributed by atoms with van der Waals surface area (Å²) in [4.78, 5) is 2.42. The summed E-state index contributed by atoms with van der Waals surface area (Å²) in [6, 6.07) is 8.53. The Bertz CT molecular complexity index is 419. The van der Waals surface area contributed by atoms with Crippen molar-refractivity contribution in [3.63, 3.8) is 0 Å². The van der Waals surface area contributed by atoms with Gasteiger partial charge < -0.3 is 15.2 Å². The molecule has 1 aromatic carbocycles. The Morgan fingerprint density at radius 3 is 2.67 bits per heavy atom. The molecule has 0 bridgehead atoms. The zero-order valence-corrected chi connectivity index (χ0v) is 13.4. The van der Waals surface area contributed by atoms with E-state index in [1.807, 2.05) is 24.3 Å². The molecule has 21 heavy (non-hydrogen) atoms. The second kappa shape index (κ2) is 7.78. The van der Waals surface area contributed by atoms with E-state index in [9.17, 15) is 0 Å². The van der Waals surface area contributed by atoms with E-state index in [2.05, 4.69) is 25.7 Å². The second-order valence-electron chi connectivity index (χ2n) is 5.94. The lowest BCUT2D eigenvalue weighted by molar-refractivity contribution is -0.0502. The van der Waals surface area contributed by atoms with Crippen LogP contribution in [0.15, 0.2) is 24.3 Å². The van der Waals surface area contributed by atoms with Crippen LogP contribution in [0.3, 0.4) is 0 Å². The molecular weight excluding hydrogens is 264 g/mol. The van der Waals surface area contributed by atoms with Gasteiger partial charge >= 0.3 is 0 Å². The predicted octanol–water partition coefficient (Wildman–Crippen LogP) is 2.58. The summed E-state index contributed by atoms with van der Waals surface area (Å²) < 4.78 is 11.5. The van der Waals surface area contributed by atoms with E-state index in [4.69, 9.17) is 15.2 Å². The molecule has 4 heteroatoms. The first-order chi connectivity index (χ1) is 10.1. The van der Waals surface area contributed by atoms with Crippen LogP contribution in [-0.2, 0) is 4.74 Å². The SMILES string of the molecule is CCCOc1ccc(C(N)C2CN(C(C)C)CCO2)cc1. The van der Waals surface area contributed by atoms with E-state index in [0.717, 1.165) is 44.0 Å². The number of hydrogen-bond acceptors (Lipinski definition) is 4. The molecule has 0 radical (unpaired) electrons. The molecule has 0 aromatic heterocycles. The zero-order valence-electron chi connectivity index (χ0n) is 13.4. The Labute approximate surface area is 128 Å². The summed E-state index contributed by atoms with van der Waals surface area (Å²) in [6.07, 6.45) is 1.07. The maximum atomic E-state index is 6.39. The Kier molecular flexibility index (Phi) is 6.03. The van der Waals surface area contributed by atoms with E-state index < -0.39 is 0 Å². The molecule has 0 aliphatic carbocycles. The van der Waals surface area contributed by atoms with E-state index >= 15 is 0 Å². The Morgan fingerprint density at radius 2 is 2.05 bits per heavy atom. The predicted molar refractivity (Wildman–Crippen MR) is 85.6 cm³/mol. The van der Waals surface area contributed by atoms with Gasteiger partial charge in [-0.25, -0.2) is 0 Å². The summed E-state index contributed by atoms with van der Waals surface area (Å²) in [5.41, 5.74) is 7.50. The number of rotatable bonds is 6. The highest BCUT2D eigenvalue weighted by molar-refractivity contribution is 5.29. The molecule has 2 rings (SSSR count). The third-order valence-electron chi connectivity index (χ3n) is 3.99. The highest BCUT2D eigenvalue weighted by atomic mass is 16.5. The second-order valence-corrected chi connectivity index (χ2v) is 5.94. The van der Waals surface area contributed by atoms with Crippen LogP contribution in [0.4, 0.5) is 0 Å². The lowest BCUT2D eigenvalue weighted by Crippen LogP contribution is -2.49. The van der Waals surface area contributed by atoms with Crippen LogP contribution in [0.2, 0.25) is 0 Å². The largest absolute Gasteiger partial charge is 0.494 e. The van der Waals surface area contributed by atoms with Gasteiger partial charge in [-0.3, -0.25) is 4.90 Å². The molecule has 1 fully saturated rings. The molecule has 1 aliphatic rings. The minimum absolute atomic E-state index is 0.0589. The number of ether oxygens (including phenoxy) is 2. The van der Waals surface area contributed by atoms with Gasteiger partial charge in [0.1, 0.15) is 5.75 Å². The fourth-order valence-electron chi connectivity index (χ4n) is 2.60. The van der Waals surface area contributed by atoms with Gasteiger partial charge in [-0.05, 0) is 38.0 Å². The van der Waals surface area contributed by atoms with Gasteiger partial charge in [0.05, 0.1) is 25.4 Å². The molecule has 1 saturated heterocycles. The van der Waals surface area contributed by atoms with Gasteiger partial charge in [0, 0.05) is 19.1 Å². The fraction of sp³-hybridized carbons (Fsp3) is 0.647. The summed E-state index contributed by atoms with van der Waals surface area (Å²) in [6.45, 7) is 9.93. The number of nitrogens with zero attached hydrogens (tertiary/aromatic N) is 1. The van der Waals surface area contributed by atoms with Crippen LogP contribution in [0.5, 0.6) is 5.75 Å². The van der Waals surface area contributed by atoms with Crippen molar-refractivity contribution in [3.05, 3.63) is 29.8 Å². The molecule has 0 saturated carbocycles. The number of benzene rings is 1. The van der Waals surface area contributed by atoms with Crippen LogP contribution in [0.1, 0.15) is 38.8 Å². The van der Waals surface area contributed by atoms with Crippen LogP contribution in [0.25, 0.3) is 0 Å². The minimum atomic E-state index is -0.0909. The molecule has 1 heterocycles. The van der Waals surface area contributed by atoms with E-state index in [1.165, 1.54) is 0 Å². The zero-order chi connectivity index (χ0) is 15.2. The quantitative estimate of drug-likeness (QED) is 0.875. The molecule has 1 aromatic rings. The highest BCUT2D eigenvalue weighted by Crippen LogP contribution is 2.23. The van der Waals surface area contributed by atoms with Crippen LogP contribution in [-0.4, -0.2) is 43.3 Å². The topological polar surface area (TPSA) is 47.7 Å². The van der Waals surface area contributed by atoms with Crippen molar-refractivity contribution in [2.45, 2.75) is 45.4 Å². The molecule has 4 nitrogen and oxygen atoms in total. The Balaban J connectivity index is 1.97. The van der Waals surface area contributed by atoms with Crippen molar-refractivity contribution in [2.75, 3.05) is 26.3 Å². The van der Waals surface area contributed by atoms with Crippen LogP contribution in [0, 0.1) is 0 Å². The number of hydrogen-bond donors (Lipinski definition) is 1. The normalized spacial score (nSPS) is 21.5. The van der Waals surface area contributed by atoms with Crippen molar-refractivity contribution in [3.8, 4) is 5.75 Å². The molecule has 2 atom stereocenters. The maximum absolute atomic E-state index is 6.39. The molecule has 2 N–H and O–H groups in total. The summed E-state index contributed by atoms with van der Waals surface area (Å²) in [7, 11) is 0. The van der Waals surface area contributed by atoms with Gasteiger partial charge in [-0.15, -0.1) is 0 Å². The maximum Gasteiger partial charge on any atom is 0.119 e. The molecule has 118 valence electrons. The smallest absolute Gasteiger partial charge is 0.119 e. The number of nitrogens with two attached hydrogens (primary N) is 1. The highest BCUT2D eigenvalue weighted by Gasteiger charge is 2.27. The van der Waals surface area contributed by atoms with Gasteiger partial charge in [0.2, 0.25) is 0 Å². The average Bonchev–Trinajstić information content (AvgIpc) is 2.53. The van der Waals surface area contributed by atoms with Gasteiger partial charge in [-0.2, -0.15) is 0 Å². The summed E-state index contributed by atoms with van der Waals surface area (Å²) in [5, 5.41) is 0. The Morgan fingerprint density at radius 1 is 1.33 bits per heavy atom. The van der Waals surface area contributed by atoms with E-state index in [0.29, 0.717) is 6.04 Å². The van der Waals surface area contributed by atoms with Crippen molar-refractivity contribution in [1.29, 1.82) is 0 Å². The monoisotopic (exact) mass is 292 g/mol. The number of morpholine rings is 1. The first kappa shape index (κ1) is 16.3. The first-order valence-electron chi connectivity index (χ1n) is 7.95. The standard InChI is InChI=1S/C17H28N2O2/c1-4-10-20-15-7-5-14(6-8-15)17(18)16-12-19(13(2)3)9-11-21-16/h5-8,13,16-17H,4,9-12,18H2,1-3H3. The van der Waals surface area contributed by atoms with E-state index in [-0.39, 0.29) is 12.1 Å². The summed E-state index contributed by atoms with van der Waals surface area (Å²) >= 11 is 0. The third kappa shape index (κ3) is 4.43.